The lowest BCUT2D eigenvalue weighted by Crippen LogP contribution is -2.31. The molecule has 1 atom stereocenters. The second kappa shape index (κ2) is 9.34. The van der Waals surface area contributed by atoms with Gasteiger partial charge in [-0.1, -0.05) is 18.2 Å². The van der Waals surface area contributed by atoms with E-state index in [2.05, 4.69) is 0 Å². The van der Waals surface area contributed by atoms with Crippen LogP contribution in [-0.4, -0.2) is 42.4 Å². The molecule has 0 aliphatic heterocycles. The highest BCUT2D eigenvalue weighted by Gasteiger charge is 2.16. The third-order valence-corrected chi connectivity index (χ3v) is 4.87. The number of carbonyl (C=O) groups is 2. The summed E-state index contributed by atoms with van der Waals surface area (Å²) >= 11 is 1.42. The molecule has 0 spiro atoms. The lowest BCUT2D eigenvalue weighted by molar-refractivity contribution is -0.131. The average Bonchev–Trinajstić information content (AvgIpc) is 3.16. The van der Waals surface area contributed by atoms with E-state index >= 15 is 0 Å². The van der Waals surface area contributed by atoms with Gasteiger partial charge in [0.05, 0.1) is 24.6 Å². The van der Waals surface area contributed by atoms with E-state index < -0.39 is 6.10 Å². The van der Waals surface area contributed by atoms with Crippen molar-refractivity contribution in [1.29, 1.82) is 0 Å². The molecule has 1 aromatic heterocycles. The van der Waals surface area contributed by atoms with E-state index in [1.165, 1.54) is 16.2 Å². The maximum Gasteiger partial charge on any atom is 0.222 e. The molecule has 0 aliphatic rings. The fourth-order valence-electron chi connectivity index (χ4n) is 2.44. The Labute approximate surface area is 151 Å². The van der Waals surface area contributed by atoms with Crippen LogP contribution in [-0.2, 0) is 4.79 Å². The molecule has 5 nitrogen and oxygen atoms in total. The summed E-state index contributed by atoms with van der Waals surface area (Å²) < 4.78 is 5.09. The Morgan fingerprint density at radius 1 is 1.20 bits per heavy atom. The van der Waals surface area contributed by atoms with Crippen molar-refractivity contribution in [2.45, 2.75) is 25.4 Å². The molecule has 25 heavy (non-hydrogen) atoms. The number of hydrogen-bond donors (Lipinski definition) is 1. The topological polar surface area (TPSA) is 66.8 Å². The zero-order chi connectivity index (χ0) is 18.2. The van der Waals surface area contributed by atoms with Crippen LogP contribution in [0.2, 0.25) is 0 Å². The highest BCUT2D eigenvalue weighted by atomic mass is 32.1. The largest absolute Gasteiger partial charge is 0.497 e. The van der Waals surface area contributed by atoms with Crippen molar-refractivity contribution in [3.05, 3.63) is 52.2 Å². The van der Waals surface area contributed by atoms with Crippen LogP contribution in [0.4, 0.5) is 0 Å². The summed E-state index contributed by atoms with van der Waals surface area (Å²) in [5.41, 5.74) is 0.730. The van der Waals surface area contributed by atoms with Crippen molar-refractivity contribution < 1.29 is 19.4 Å². The zero-order valence-corrected chi connectivity index (χ0v) is 15.3. The Hall–Kier alpha value is -2.18. The standard InChI is InChI=1S/C19H23NO4S/c1-20(13-17(22)14-8-10-15(24-2)11-9-14)19(23)7-3-5-16(21)18-6-4-12-25-18/h4,6,8-12,17,22H,3,5,7,13H2,1-2H3. The van der Waals surface area contributed by atoms with Gasteiger partial charge in [0.1, 0.15) is 5.75 Å². The number of thiophene rings is 1. The van der Waals surface area contributed by atoms with E-state index in [9.17, 15) is 14.7 Å². The number of aliphatic hydroxyl groups is 1. The van der Waals surface area contributed by atoms with E-state index in [0.29, 0.717) is 19.3 Å². The Balaban J connectivity index is 1.76. The highest BCUT2D eigenvalue weighted by molar-refractivity contribution is 7.12. The molecule has 0 aliphatic carbocycles. The normalized spacial score (nSPS) is 11.8. The molecule has 0 saturated carbocycles. The van der Waals surface area contributed by atoms with Crippen LogP contribution >= 0.6 is 11.3 Å². The molecule has 1 N–H and O–H groups in total. The lowest BCUT2D eigenvalue weighted by Gasteiger charge is -2.21. The molecule has 134 valence electrons. The van der Waals surface area contributed by atoms with Gasteiger partial charge in [-0.15, -0.1) is 11.3 Å². The third-order valence-electron chi connectivity index (χ3n) is 3.96. The quantitative estimate of drug-likeness (QED) is 0.696. The summed E-state index contributed by atoms with van der Waals surface area (Å²) in [6.07, 6.45) is 0.412. The molecule has 0 radical (unpaired) electrons. The van der Waals surface area contributed by atoms with Gasteiger partial charge >= 0.3 is 0 Å². The maximum absolute atomic E-state index is 12.2. The number of hydrogen-bond acceptors (Lipinski definition) is 5. The number of amides is 1. The molecule has 6 heteroatoms. The highest BCUT2D eigenvalue weighted by Crippen LogP contribution is 2.19. The average molecular weight is 361 g/mol. The number of ketones is 1. The van der Waals surface area contributed by atoms with Gasteiger partial charge in [-0.2, -0.15) is 0 Å². The fourth-order valence-corrected chi connectivity index (χ4v) is 3.14. The van der Waals surface area contributed by atoms with E-state index in [4.69, 9.17) is 4.74 Å². The van der Waals surface area contributed by atoms with Gasteiger partial charge in [0.15, 0.2) is 5.78 Å². The number of aliphatic hydroxyl groups excluding tert-OH is 1. The smallest absolute Gasteiger partial charge is 0.222 e. The number of Topliss-reactive ketones (excluding diaryl/α,β-unsaturated/α-hetero) is 1. The van der Waals surface area contributed by atoms with Crippen molar-refractivity contribution in [3.63, 3.8) is 0 Å². The van der Waals surface area contributed by atoms with E-state index in [-0.39, 0.29) is 18.2 Å². The molecule has 1 heterocycles. The summed E-state index contributed by atoms with van der Waals surface area (Å²) in [7, 11) is 3.25. The number of rotatable bonds is 9. The van der Waals surface area contributed by atoms with Gasteiger partial charge in [0.2, 0.25) is 5.91 Å². The summed E-state index contributed by atoms with van der Waals surface area (Å²) in [5, 5.41) is 12.1. The molecule has 0 fully saturated rings. The number of methoxy groups -OCH3 is 1. The van der Waals surface area contributed by atoms with Gasteiger partial charge in [-0.25, -0.2) is 0 Å². The van der Waals surface area contributed by atoms with Crippen LogP contribution in [0.1, 0.15) is 40.6 Å². The van der Waals surface area contributed by atoms with Gasteiger partial charge in [-0.3, -0.25) is 9.59 Å². The molecule has 0 bridgehead atoms. The van der Waals surface area contributed by atoms with Crippen LogP contribution in [0.3, 0.4) is 0 Å². The van der Waals surface area contributed by atoms with Gasteiger partial charge in [0.25, 0.3) is 0 Å². The fraction of sp³-hybridized carbons (Fsp3) is 0.368. The van der Waals surface area contributed by atoms with Crippen LogP contribution in [0.5, 0.6) is 5.75 Å². The Morgan fingerprint density at radius 3 is 2.52 bits per heavy atom. The van der Waals surface area contributed by atoms with Crippen molar-refractivity contribution in [2.75, 3.05) is 20.7 Å². The molecular formula is C19H23NO4S. The molecule has 1 aromatic carbocycles. The Kier molecular flexibility index (Phi) is 7.16. The van der Waals surface area contributed by atoms with E-state index in [1.807, 2.05) is 11.4 Å². The molecule has 0 saturated heterocycles. The summed E-state index contributed by atoms with van der Waals surface area (Å²) in [4.78, 5) is 26.3. The molecule has 2 aromatic rings. The van der Waals surface area contributed by atoms with E-state index in [1.54, 1.807) is 44.5 Å². The van der Waals surface area contributed by atoms with Crippen LogP contribution in [0, 0.1) is 0 Å². The van der Waals surface area contributed by atoms with Gasteiger partial charge in [0, 0.05) is 19.9 Å². The monoisotopic (exact) mass is 361 g/mol. The molecule has 1 amide bonds. The van der Waals surface area contributed by atoms with Gasteiger partial charge < -0.3 is 14.7 Å². The molecule has 2 rings (SSSR count). The van der Waals surface area contributed by atoms with Crippen LogP contribution < -0.4 is 4.74 Å². The zero-order valence-electron chi connectivity index (χ0n) is 14.5. The number of likely N-dealkylation sites (N-methyl/N-ethyl adjacent to an activating group) is 1. The number of nitrogens with zero attached hydrogens (tertiary/aromatic N) is 1. The first-order chi connectivity index (χ1) is 12.0. The van der Waals surface area contributed by atoms with Crippen LogP contribution in [0.15, 0.2) is 41.8 Å². The summed E-state index contributed by atoms with van der Waals surface area (Å²) in [6.45, 7) is 0.212. The minimum absolute atomic E-state index is 0.0729. The molecule has 1 unspecified atom stereocenters. The second-order valence-electron chi connectivity index (χ2n) is 5.82. The lowest BCUT2D eigenvalue weighted by atomic mass is 10.1. The second-order valence-corrected chi connectivity index (χ2v) is 6.76. The first kappa shape index (κ1) is 19.1. The first-order valence-corrected chi connectivity index (χ1v) is 9.02. The number of carbonyl (C=O) groups excluding carboxylic acids is 2. The predicted octanol–water partition coefficient (Wildman–Crippen LogP) is 3.30. The Bertz CT molecular complexity index is 682. The predicted molar refractivity (Wildman–Crippen MR) is 98.1 cm³/mol. The first-order valence-electron chi connectivity index (χ1n) is 8.14. The van der Waals surface area contributed by atoms with E-state index in [0.717, 1.165) is 16.2 Å². The van der Waals surface area contributed by atoms with Crippen molar-refractivity contribution >= 4 is 23.0 Å². The van der Waals surface area contributed by atoms with Gasteiger partial charge in [-0.05, 0) is 35.6 Å². The maximum atomic E-state index is 12.2. The SMILES string of the molecule is COc1ccc(C(O)CN(C)C(=O)CCCC(=O)c2cccs2)cc1. The number of benzene rings is 1. The minimum atomic E-state index is -0.757. The van der Waals surface area contributed by atoms with Crippen molar-refractivity contribution in [1.82, 2.24) is 4.90 Å². The summed E-state index contributed by atoms with van der Waals surface area (Å²) in [5.74, 6) is 0.714. The third kappa shape index (κ3) is 5.69. The van der Waals surface area contributed by atoms with Crippen molar-refractivity contribution in [3.8, 4) is 5.75 Å². The Morgan fingerprint density at radius 2 is 1.92 bits per heavy atom. The molecular weight excluding hydrogens is 338 g/mol. The van der Waals surface area contributed by atoms with Crippen LogP contribution in [0.25, 0.3) is 0 Å². The minimum Gasteiger partial charge on any atom is -0.497 e. The number of ether oxygens (including phenoxy) is 1. The summed E-state index contributed by atoms with van der Waals surface area (Å²) in [6, 6.07) is 10.7. The van der Waals surface area contributed by atoms with Crippen molar-refractivity contribution in [2.24, 2.45) is 0 Å².